The monoisotopic (exact) mass is 240 g/mol. The molecule has 2 N–H and O–H groups in total. The first-order valence-corrected chi connectivity index (χ1v) is 5.96. The van der Waals surface area contributed by atoms with E-state index >= 15 is 0 Å². The number of nitrogens with one attached hydrogen (secondary N) is 1. The van der Waals surface area contributed by atoms with Gasteiger partial charge < -0.3 is 10.4 Å². The molecule has 1 aliphatic heterocycles. The Kier molecular flexibility index (Phi) is 3.69. The molecule has 1 saturated heterocycles. The molecule has 4 heteroatoms. The number of hydrogen-bond donors (Lipinski definition) is 2. The van der Waals surface area contributed by atoms with Gasteiger partial charge in [0.2, 0.25) is 0 Å². The van der Waals surface area contributed by atoms with Crippen LogP contribution in [-0.4, -0.2) is 36.2 Å². The highest BCUT2D eigenvalue weighted by Gasteiger charge is 2.14. The van der Waals surface area contributed by atoms with Gasteiger partial charge in [-0.25, -0.2) is 0 Å². The zero-order chi connectivity index (χ0) is 11.5. The molecule has 16 heavy (non-hydrogen) atoms. The minimum Gasteiger partial charge on any atom is -0.506 e. The molecule has 88 valence electrons. The van der Waals surface area contributed by atoms with Gasteiger partial charge in [0.25, 0.3) is 0 Å². The summed E-state index contributed by atoms with van der Waals surface area (Å²) in [7, 11) is 0. The van der Waals surface area contributed by atoms with E-state index in [-0.39, 0.29) is 5.75 Å². The van der Waals surface area contributed by atoms with Crippen molar-refractivity contribution in [3.63, 3.8) is 0 Å². The molecule has 1 aromatic rings. The highest BCUT2D eigenvalue weighted by atomic mass is 35.5. The van der Waals surface area contributed by atoms with Crippen molar-refractivity contribution in [1.29, 1.82) is 0 Å². The van der Waals surface area contributed by atoms with Gasteiger partial charge in [-0.15, -0.1) is 0 Å². The van der Waals surface area contributed by atoms with E-state index < -0.39 is 0 Å². The molecule has 0 atom stereocenters. The second-order valence-corrected chi connectivity index (χ2v) is 4.61. The van der Waals surface area contributed by atoms with Crippen molar-refractivity contribution in [2.45, 2.75) is 13.5 Å². The highest BCUT2D eigenvalue weighted by Crippen LogP contribution is 2.31. The van der Waals surface area contributed by atoms with Gasteiger partial charge in [-0.2, -0.15) is 0 Å². The highest BCUT2D eigenvalue weighted by molar-refractivity contribution is 6.32. The zero-order valence-electron chi connectivity index (χ0n) is 9.46. The minimum atomic E-state index is 0.217. The second-order valence-electron chi connectivity index (χ2n) is 4.23. The van der Waals surface area contributed by atoms with E-state index in [9.17, 15) is 5.11 Å². The van der Waals surface area contributed by atoms with Crippen molar-refractivity contribution < 1.29 is 5.11 Å². The van der Waals surface area contributed by atoms with Crippen LogP contribution in [0.2, 0.25) is 5.02 Å². The molecule has 0 aromatic heterocycles. The smallest absolute Gasteiger partial charge is 0.137 e. The van der Waals surface area contributed by atoms with E-state index in [0.29, 0.717) is 5.02 Å². The number of phenols is 1. The molecular weight excluding hydrogens is 224 g/mol. The molecule has 0 amide bonds. The van der Waals surface area contributed by atoms with Gasteiger partial charge in [-0.1, -0.05) is 23.7 Å². The van der Waals surface area contributed by atoms with Crippen LogP contribution in [0.15, 0.2) is 12.1 Å². The fourth-order valence-electron chi connectivity index (χ4n) is 1.94. The molecule has 0 unspecified atom stereocenters. The van der Waals surface area contributed by atoms with Gasteiger partial charge in [0.1, 0.15) is 5.75 Å². The summed E-state index contributed by atoms with van der Waals surface area (Å²) in [6.45, 7) is 6.78. The summed E-state index contributed by atoms with van der Waals surface area (Å²) in [5.41, 5.74) is 1.83. The SMILES string of the molecule is Cc1ccc(CN2CCNCC2)c(Cl)c1O. The third-order valence-corrected chi connectivity index (χ3v) is 3.42. The quantitative estimate of drug-likeness (QED) is 0.827. The van der Waals surface area contributed by atoms with E-state index in [2.05, 4.69) is 10.2 Å². The lowest BCUT2D eigenvalue weighted by Crippen LogP contribution is -2.42. The van der Waals surface area contributed by atoms with E-state index in [4.69, 9.17) is 11.6 Å². The van der Waals surface area contributed by atoms with Crippen LogP contribution in [0.5, 0.6) is 5.75 Å². The summed E-state index contributed by atoms with van der Waals surface area (Å²) in [6, 6.07) is 3.91. The van der Waals surface area contributed by atoms with Gasteiger partial charge >= 0.3 is 0 Å². The van der Waals surface area contributed by atoms with Crippen LogP contribution in [-0.2, 0) is 6.54 Å². The van der Waals surface area contributed by atoms with Gasteiger partial charge in [0, 0.05) is 32.7 Å². The molecule has 3 nitrogen and oxygen atoms in total. The summed E-state index contributed by atoms with van der Waals surface area (Å²) >= 11 is 6.13. The van der Waals surface area contributed by atoms with E-state index in [0.717, 1.165) is 43.9 Å². The van der Waals surface area contributed by atoms with Crippen molar-refractivity contribution in [3.05, 3.63) is 28.3 Å². The first-order valence-electron chi connectivity index (χ1n) is 5.58. The average Bonchev–Trinajstić information content (AvgIpc) is 2.31. The molecule has 0 radical (unpaired) electrons. The maximum Gasteiger partial charge on any atom is 0.137 e. The number of benzene rings is 1. The summed E-state index contributed by atoms with van der Waals surface area (Å²) in [4.78, 5) is 2.34. The van der Waals surface area contributed by atoms with Gasteiger partial charge in [-0.05, 0) is 18.1 Å². The number of hydrogen-bond acceptors (Lipinski definition) is 3. The van der Waals surface area contributed by atoms with Crippen molar-refractivity contribution in [2.24, 2.45) is 0 Å². The molecule has 0 saturated carbocycles. The summed E-state index contributed by atoms with van der Waals surface area (Å²) in [5, 5.41) is 13.6. The molecule has 1 fully saturated rings. The fourth-order valence-corrected chi connectivity index (χ4v) is 2.21. The average molecular weight is 241 g/mol. The summed E-state index contributed by atoms with van der Waals surface area (Å²) in [5.74, 6) is 0.217. The molecular formula is C12H17ClN2O. The predicted molar refractivity (Wildman–Crippen MR) is 66.0 cm³/mol. The zero-order valence-corrected chi connectivity index (χ0v) is 10.2. The third-order valence-electron chi connectivity index (χ3n) is 3.00. The number of phenolic OH excluding ortho intramolecular Hbond substituents is 1. The van der Waals surface area contributed by atoms with Crippen LogP contribution in [0, 0.1) is 6.92 Å². The molecule has 1 aliphatic rings. The lowest BCUT2D eigenvalue weighted by molar-refractivity contribution is 0.233. The van der Waals surface area contributed by atoms with Gasteiger partial charge in [0.15, 0.2) is 0 Å². The van der Waals surface area contributed by atoms with Crippen LogP contribution in [0.25, 0.3) is 0 Å². The Morgan fingerprint density at radius 2 is 2.06 bits per heavy atom. The fraction of sp³-hybridized carbons (Fsp3) is 0.500. The molecule has 0 spiro atoms. The molecule has 1 heterocycles. The summed E-state index contributed by atoms with van der Waals surface area (Å²) < 4.78 is 0. The van der Waals surface area contributed by atoms with Gasteiger partial charge in [-0.3, -0.25) is 4.90 Å². The van der Waals surface area contributed by atoms with Crippen molar-refractivity contribution >= 4 is 11.6 Å². The number of nitrogens with zero attached hydrogens (tertiary/aromatic N) is 1. The van der Waals surface area contributed by atoms with Crippen molar-refractivity contribution in [1.82, 2.24) is 10.2 Å². The van der Waals surface area contributed by atoms with Crippen LogP contribution in [0.4, 0.5) is 0 Å². The largest absolute Gasteiger partial charge is 0.506 e. The van der Waals surface area contributed by atoms with Crippen LogP contribution < -0.4 is 5.32 Å². The molecule has 0 bridgehead atoms. The Labute approximate surface area is 101 Å². The van der Waals surface area contributed by atoms with Crippen LogP contribution in [0.3, 0.4) is 0 Å². The number of aryl methyl sites for hydroxylation is 1. The maximum absolute atomic E-state index is 9.75. The van der Waals surface area contributed by atoms with Crippen LogP contribution >= 0.6 is 11.6 Å². The summed E-state index contributed by atoms with van der Waals surface area (Å²) in [6.07, 6.45) is 0. The maximum atomic E-state index is 9.75. The third kappa shape index (κ3) is 2.48. The van der Waals surface area contributed by atoms with E-state index in [1.165, 1.54) is 0 Å². The molecule has 1 aromatic carbocycles. The predicted octanol–water partition coefficient (Wildman–Crippen LogP) is 1.76. The second kappa shape index (κ2) is 5.04. The number of rotatable bonds is 2. The Hall–Kier alpha value is -0.770. The standard InChI is InChI=1S/C12H17ClN2O/c1-9-2-3-10(11(13)12(9)16)8-15-6-4-14-5-7-15/h2-3,14,16H,4-8H2,1H3. The number of halogens is 1. The lowest BCUT2D eigenvalue weighted by Gasteiger charge is -2.27. The molecule has 0 aliphatic carbocycles. The Morgan fingerprint density at radius 1 is 1.38 bits per heavy atom. The van der Waals surface area contributed by atoms with E-state index in [1.54, 1.807) is 0 Å². The first kappa shape index (κ1) is 11.7. The topological polar surface area (TPSA) is 35.5 Å². The Morgan fingerprint density at radius 3 is 2.75 bits per heavy atom. The van der Waals surface area contributed by atoms with Crippen LogP contribution in [0.1, 0.15) is 11.1 Å². The first-order chi connectivity index (χ1) is 7.68. The van der Waals surface area contributed by atoms with Gasteiger partial charge in [0.05, 0.1) is 5.02 Å². The lowest BCUT2D eigenvalue weighted by atomic mass is 10.1. The number of piperazine rings is 1. The Bertz CT molecular complexity index is 376. The van der Waals surface area contributed by atoms with Crippen molar-refractivity contribution in [2.75, 3.05) is 26.2 Å². The minimum absolute atomic E-state index is 0.217. The van der Waals surface area contributed by atoms with Crippen molar-refractivity contribution in [3.8, 4) is 5.75 Å². The normalized spacial score (nSPS) is 17.6. The number of aromatic hydroxyl groups is 1. The molecule has 2 rings (SSSR count). The van der Waals surface area contributed by atoms with E-state index in [1.807, 2.05) is 19.1 Å². The Balaban J connectivity index is 2.11.